The monoisotopic (exact) mass is 472 g/mol. The number of amides is 1. The third-order valence-electron chi connectivity index (χ3n) is 5.19. The highest BCUT2D eigenvalue weighted by atomic mass is 35.5. The van der Waals surface area contributed by atoms with Gasteiger partial charge >= 0.3 is 6.18 Å². The van der Waals surface area contributed by atoms with Gasteiger partial charge in [0, 0.05) is 34.9 Å². The number of aliphatic hydroxyl groups is 1. The fraction of sp³-hybridized carbons (Fsp3) is 0.286. The Bertz CT molecular complexity index is 1140. The maximum absolute atomic E-state index is 13.0. The molecule has 1 amide bonds. The number of hydrogen-bond acceptors (Lipinski definition) is 3. The van der Waals surface area contributed by atoms with Crippen LogP contribution in [0, 0.1) is 0 Å². The highest BCUT2D eigenvalue weighted by Crippen LogP contribution is 2.38. The average Bonchev–Trinajstić information content (AvgIpc) is 3.17. The van der Waals surface area contributed by atoms with E-state index in [1.807, 2.05) is 0 Å². The lowest BCUT2D eigenvalue weighted by molar-refractivity contribution is -0.137. The van der Waals surface area contributed by atoms with Gasteiger partial charge in [-0.1, -0.05) is 29.3 Å². The Labute approximate surface area is 185 Å². The zero-order valence-electron chi connectivity index (χ0n) is 16.0. The second-order valence-electron chi connectivity index (χ2n) is 7.15. The van der Waals surface area contributed by atoms with E-state index in [1.54, 1.807) is 4.90 Å². The summed E-state index contributed by atoms with van der Waals surface area (Å²) in [6, 6.07) is 7.71. The number of rotatable bonds is 3. The van der Waals surface area contributed by atoms with Crippen molar-refractivity contribution >= 4 is 40.0 Å². The summed E-state index contributed by atoms with van der Waals surface area (Å²) < 4.78 is 44.2. The molecule has 3 aromatic rings. The smallest absolute Gasteiger partial charge is 0.382 e. The van der Waals surface area contributed by atoms with Gasteiger partial charge < -0.3 is 19.7 Å². The number of benzene rings is 2. The van der Waals surface area contributed by atoms with E-state index in [1.165, 1.54) is 24.3 Å². The van der Waals surface area contributed by atoms with Gasteiger partial charge in [-0.2, -0.15) is 13.2 Å². The molecule has 4 rings (SSSR count). The van der Waals surface area contributed by atoms with Crippen molar-refractivity contribution in [1.29, 1.82) is 0 Å². The van der Waals surface area contributed by atoms with Crippen molar-refractivity contribution in [2.45, 2.75) is 12.3 Å². The molecule has 1 saturated heterocycles. The first kappa shape index (κ1) is 22.0. The largest absolute Gasteiger partial charge is 0.416 e. The molecule has 5 nitrogen and oxygen atoms in total. The molecule has 1 atom stereocenters. The number of H-pyrrole nitrogens is 1. The summed E-state index contributed by atoms with van der Waals surface area (Å²) in [6.45, 7) is 1.67. The number of ether oxygens (including phenoxy) is 1. The molecule has 0 bridgehead atoms. The minimum absolute atomic E-state index is 0.00821. The number of halogens is 5. The summed E-state index contributed by atoms with van der Waals surface area (Å²) in [7, 11) is 0. The third-order valence-corrected chi connectivity index (χ3v) is 5.93. The maximum Gasteiger partial charge on any atom is 0.416 e. The number of alkyl halides is 3. The second kappa shape index (κ2) is 8.35. The number of aliphatic hydroxyl groups excluding tert-OH is 1. The van der Waals surface area contributed by atoms with Crippen LogP contribution in [-0.4, -0.2) is 47.2 Å². The van der Waals surface area contributed by atoms with Gasteiger partial charge in [-0.05, 0) is 35.7 Å². The number of nitrogens with one attached hydrogen (secondary N) is 1. The summed E-state index contributed by atoms with van der Waals surface area (Å²) in [6.07, 6.45) is -5.86. The number of hydrogen-bond donors (Lipinski definition) is 2. The molecule has 1 fully saturated rings. The molecule has 10 heteroatoms. The molecule has 0 aliphatic carbocycles. The van der Waals surface area contributed by atoms with Crippen LogP contribution in [-0.2, 0) is 10.9 Å². The zero-order valence-corrected chi connectivity index (χ0v) is 17.5. The highest BCUT2D eigenvalue weighted by molar-refractivity contribution is 6.38. The van der Waals surface area contributed by atoms with E-state index in [0.29, 0.717) is 31.7 Å². The van der Waals surface area contributed by atoms with Gasteiger partial charge in [-0.15, -0.1) is 0 Å². The van der Waals surface area contributed by atoms with Crippen molar-refractivity contribution in [2.24, 2.45) is 0 Å². The molecule has 1 aliphatic rings. The zero-order chi connectivity index (χ0) is 22.3. The molecule has 2 heterocycles. The fourth-order valence-corrected chi connectivity index (χ4v) is 4.21. The van der Waals surface area contributed by atoms with E-state index in [4.69, 9.17) is 27.9 Å². The Morgan fingerprint density at radius 3 is 2.52 bits per heavy atom. The molecule has 164 valence electrons. The fourth-order valence-electron chi connectivity index (χ4n) is 3.55. The summed E-state index contributed by atoms with van der Waals surface area (Å²) in [5, 5.41) is 11.5. The van der Waals surface area contributed by atoms with Crippen molar-refractivity contribution in [3.05, 3.63) is 68.8 Å². The van der Waals surface area contributed by atoms with E-state index in [9.17, 15) is 23.1 Å². The summed E-state index contributed by atoms with van der Waals surface area (Å²) >= 11 is 12.7. The Morgan fingerprint density at radius 2 is 1.84 bits per heavy atom. The maximum atomic E-state index is 13.0. The van der Waals surface area contributed by atoms with Crippen molar-refractivity contribution in [3.63, 3.8) is 0 Å². The minimum atomic E-state index is -4.49. The molecule has 1 unspecified atom stereocenters. The molecule has 0 spiro atoms. The normalized spacial score (nSPS) is 16.0. The Balaban J connectivity index is 1.71. The number of aromatic nitrogens is 1. The second-order valence-corrected chi connectivity index (χ2v) is 7.94. The van der Waals surface area contributed by atoms with Gasteiger partial charge in [0.2, 0.25) is 0 Å². The van der Waals surface area contributed by atoms with Crippen LogP contribution in [0.3, 0.4) is 0 Å². The van der Waals surface area contributed by atoms with Crippen molar-refractivity contribution in [1.82, 2.24) is 9.88 Å². The van der Waals surface area contributed by atoms with Gasteiger partial charge in [0.1, 0.15) is 6.10 Å². The molecular formula is C21H17Cl2F3N2O3. The Hall–Kier alpha value is -2.26. The van der Waals surface area contributed by atoms with Crippen LogP contribution in [0.15, 0.2) is 36.4 Å². The van der Waals surface area contributed by atoms with E-state index >= 15 is 0 Å². The molecular weight excluding hydrogens is 456 g/mol. The first-order chi connectivity index (χ1) is 14.7. The molecule has 0 saturated carbocycles. The van der Waals surface area contributed by atoms with E-state index in [0.717, 1.165) is 12.1 Å². The lowest BCUT2D eigenvalue weighted by Crippen LogP contribution is -2.40. The summed E-state index contributed by atoms with van der Waals surface area (Å²) in [5.41, 5.74) is -0.120. The van der Waals surface area contributed by atoms with Crippen LogP contribution < -0.4 is 0 Å². The number of carbonyl (C=O) groups excluding carboxylic acids is 1. The average molecular weight is 473 g/mol. The molecule has 2 N–H and O–H groups in total. The van der Waals surface area contributed by atoms with Gasteiger partial charge in [0.15, 0.2) is 0 Å². The Morgan fingerprint density at radius 1 is 1.13 bits per heavy atom. The Kier molecular flexibility index (Phi) is 5.91. The van der Waals surface area contributed by atoms with Crippen LogP contribution in [0.2, 0.25) is 10.0 Å². The topological polar surface area (TPSA) is 65.6 Å². The van der Waals surface area contributed by atoms with Crippen LogP contribution in [0.4, 0.5) is 13.2 Å². The third kappa shape index (κ3) is 4.25. The highest BCUT2D eigenvalue weighted by Gasteiger charge is 2.31. The predicted octanol–water partition coefficient (Wildman–Crippen LogP) is 5.05. The number of fused-ring (bicyclic) bond motifs is 1. The number of carbonyl (C=O) groups is 1. The van der Waals surface area contributed by atoms with Gasteiger partial charge in [0.05, 0.1) is 29.4 Å². The minimum Gasteiger partial charge on any atom is -0.382 e. The van der Waals surface area contributed by atoms with Crippen LogP contribution in [0.1, 0.15) is 33.3 Å². The van der Waals surface area contributed by atoms with E-state index in [-0.39, 0.29) is 38.3 Å². The van der Waals surface area contributed by atoms with Gasteiger partial charge in [-0.25, -0.2) is 0 Å². The molecule has 1 aromatic heterocycles. The van der Waals surface area contributed by atoms with Crippen LogP contribution >= 0.6 is 23.2 Å². The van der Waals surface area contributed by atoms with Gasteiger partial charge in [0.25, 0.3) is 5.91 Å². The standard InChI is InChI=1S/C21H17Cl2F3N2O3/c22-14-4-3-13(20(30)28-5-7-31-8-6-28)18(23)17(14)19(29)16-9-11-1-2-12(21(24,25)26)10-15(11)27-16/h1-4,9-10,19,27,29H,5-8H2. The molecule has 31 heavy (non-hydrogen) atoms. The van der Waals surface area contributed by atoms with Crippen molar-refractivity contribution < 1.29 is 27.8 Å². The quantitative estimate of drug-likeness (QED) is 0.560. The summed E-state index contributed by atoms with van der Waals surface area (Å²) in [5.74, 6) is -0.315. The van der Waals surface area contributed by atoms with Crippen molar-refractivity contribution in [2.75, 3.05) is 26.3 Å². The van der Waals surface area contributed by atoms with Crippen LogP contribution in [0.5, 0.6) is 0 Å². The molecule has 2 aromatic carbocycles. The van der Waals surface area contributed by atoms with Crippen LogP contribution in [0.25, 0.3) is 10.9 Å². The lowest BCUT2D eigenvalue weighted by Gasteiger charge is -2.27. The van der Waals surface area contributed by atoms with Crippen molar-refractivity contribution in [3.8, 4) is 0 Å². The summed E-state index contributed by atoms with van der Waals surface area (Å²) in [4.78, 5) is 17.2. The number of morpholine rings is 1. The van der Waals surface area contributed by atoms with Gasteiger partial charge in [-0.3, -0.25) is 4.79 Å². The SMILES string of the molecule is O=C(c1ccc(Cl)c(C(O)c2cc3ccc(C(F)(F)F)cc3[nH]2)c1Cl)N1CCOCC1. The first-order valence-corrected chi connectivity index (χ1v) is 10.1. The predicted molar refractivity (Wildman–Crippen MR) is 111 cm³/mol. The van der Waals surface area contributed by atoms with E-state index < -0.39 is 17.8 Å². The lowest BCUT2D eigenvalue weighted by atomic mass is 10.0. The number of aromatic amines is 1. The molecule has 1 aliphatic heterocycles. The number of nitrogens with zero attached hydrogens (tertiary/aromatic N) is 1. The van der Waals surface area contributed by atoms with E-state index in [2.05, 4.69) is 4.98 Å². The molecule has 0 radical (unpaired) electrons. The first-order valence-electron chi connectivity index (χ1n) is 9.39.